The zero-order chi connectivity index (χ0) is 13.3. The lowest BCUT2D eigenvalue weighted by Gasteiger charge is -2.09. The lowest BCUT2D eigenvalue weighted by atomic mass is 10.00. The van der Waals surface area contributed by atoms with Gasteiger partial charge >= 0.3 is 5.97 Å². The highest BCUT2D eigenvalue weighted by atomic mass is 32.2. The zero-order valence-electron chi connectivity index (χ0n) is 9.45. The molecule has 0 atom stereocenters. The number of aliphatic carboxylic acids is 1. The third kappa shape index (κ3) is 2.14. The first kappa shape index (κ1) is 12.4. The van der Waals surface area contributed by atoms with Crippen molar-refractivity contribution in [2.75, 3.05) is 7.11 Å². The molecule has 1 N–H and O–H groups in total. The largest absolute Gasteiger partial charge is 0.496 e. The fraction of sp³-hybridized carbons (Fsp3) is 0.0833. The van der Waals surface area contributed by atoms with Crippen LogP contribution in [0.4, 0.5) is 0 Å². The van der Waals surface area contributed by atoms with Gasteiger partial charge in [0.2, 0.25) is 0 Å². The average molecular weight is 266 g/mol. The SMILES string of the molecule is COc1ccccc1C1=CS(=O)(=O)C=C1C(=O)O. The van der Waals surface area contributed by atoms with Crippen LogP contribution in [-0.4, -0.2) is 26.6 Å². The van der Waals surface area contributed by atoms with Crippen molar-refractivity contribution in [3.05, 3.63) is 46.2 Å². The van der Waals surface area contributed by atoms with Crippen molar-refractivity contribution in [3.63, 3.8) is 0 Å². The van der Waals surface area contributed by atoms with Crippen molar-refractivity contribution >= 4 is 21.4 Å². The van der Waals surface area contributed by atoms with Crippen molar-refractivity contribution in [3.8, 4) is 5.75 Å². The normalized spacial score (nSPS) is 16.9. The van der Waals surface area contributed by atoms with Gasteiger partial charge < -0.3 is 9.84 Å². The molecule has 0 bridgehead atoms. The molecule has 0 saturated carbocycles. The van der Waals surface area contributed by atoms with E-state index >= 15 is 0 Å². The van der Waals surface area contributed by atoms with Crippen LogP contribution in [0.25, 0.3) is 5.57 Å². The highest BCUT2D eigenvalue weighted by molar-refractivity contribution is 7.97. The fourth-order valence-electron chi connectivity index (χ4n) is 1.73. The maximum atomic E-state index is 11.5. The monoisotopic (exact) mass is 266 g/mol. The third-order valence-electron chi connectivity index (χ3n) is 2.48. The molecule has 0 aliphatic carbocycles. The lowest BCUT2D eigenvalue weighted by Crippen LogP contribution is -2.02. The van der Waals surface area contributed by atoms with Crippen LogP contribution >= 0.6 is 0 Å². The van der Waals surface area contributed by atoms with E-state index in [0.29, 0.717) is 11.3 Å². The minimum absolute atomic E-state index is 0.139. The Bertz CT molecular complexity index is 667. The Kier molecular flexibility index (Phi) is 2.96. The molecule has 1 heterocycles. The van der Waals surface area contributed by atoms with Gasteiger partial charge in [-0.15, -0.1) is 0 Å². The molecule has 0 radical (unpaired) electrons. The van der Waals surface area contributed by atoms with Crippen molar-refractivity contribution in [1.82, 2.24) is 0 Å². The first-order chi connectivity index (χ1) is 8.44. The quantitative estimate of drug-likeness (QED) is 0.895. The van der Waals surface area contributed by atoms with Gasteiger partial charge in [0.05, 0.1) is 18.1 Å². The van der Waals surface area contributed by atoms with Gasteiger partial charge in [0.25, 0.3) is 0 Å². The molecule has 94 valence electrons. The number of hydrogen-bond acceptors (Lipinski definition) is 4. The maximum Gasteiger partial charge on any atom is 0.337 e. The Morgan fingerprint density at radius 2 is 1.89 bits per heavy atom. The molecule has 5 nitrogen and oxygen atoms in total. The molecule has 0 spiro atoms. The summed E-state index contributed by atoms with van der Waals surface area (Å²) in [6, 6.07) is 6.66. The summed E-state index contributed by atoms with van der Waals surface area (Å²) in [5, 5.41) is 10.7. The summed E-state index contributed by atoms with van der Waals surface area (Å²) < 4.78 is 28.0. The molecule has 1 aliphatic heterocycles. The van der Waals surface area contributed by atoms with Gasteiger partial charge in [-0.2, -0.15) is 0 Å². The van der Waals surface area contributed by atoms with Crippen LogP contribution < -0.4 is 4.74 Å². The van der Waals surface area contributed by atoms with E-state index in [4.69, 9.17) is 9.84 Å². The smallest absolute Gasteiger partial charge is 0.337 e. The van der Waals surface area contributed by atoms with E-state index in [-0.39, 0.29) is 11.1 Å². The van der Waals surface area contributed by atoms with Crippen LogP contribution in [0.1, 0.15) is 5.56 Å². The molecule has 0 unspecified atom stereocenters. The van der Waals surface area contributed by atoms with Gasteiger partial charge in [0.15, 0.2) is 9.84 Å². The number of para-hydroxylation sites is 1. The third-order valence-corrected chi connectivity index (χ3v) is 3.61. The number of ether oxygens (including phenoxy) is 1. The molecule has 0 fully saturated rings. The number of sulfone groups is 1. The van der Waals surface area contributed by atoms with Crippen LogP contribution in [0.15, 0.2) is 40.7 Å². The number of carboxylic acid groups (broad SMARTS) is 1. The van der Waals surface area contributed by atoms with E-state index in [1.54, 1.807) is 24.3 Å². The second kappa shape index (κ2) is 4.30. The first-order valence-corrected chi connectivity index (χ1v) is 6.61. The second-order valence-electron chi connectivity index (χ2n) is 3.66. The molecular formula is C12H10O5S. The standard InChI is InChI=1S/C12H10O5S/c1-17-11-5-3-2-4-8(11)9-6-18(15,16)7-10(9)12(13)14/h2-7H,1H3,(H,13,14). The molecular weight excluding hydrogens is 256 g/mol. The van der Waals surface area contributed by atoms with Crippen LogP contribution in [0.3, 0.4) is 0 Å². The van der Waals surface area contributed by atoms with E-state index < -0.39 is 15.8 Å². The van der Waals surface area contributed by atoms with Gasteiger partial charge in [-0.05, 0) is 6.07 Å². The summed E-state index contributed by atoms with van der Waals surface area (Å²) in [4.78, 5) is 11.1. The number of methoxy groups -OCH3 is 1. The molecule has 1 aromatic carbocycles. The Balaban J connectivity index is 2.64. The molecule has 2 rings (SSSR count). The Morgan fingerprint density at radius 1 is 1.22 bits per heavy atom. The van der Waals surface area contributed by atoms with Gasteiger partial charge in [-0.25, -0.2) is 13.2 Å². The Labute approximate surface area is 104 Å². The van der Waals surface area contributed by atoms with E-state index in [2.05, 4.69) is 0 Å². The van der Waals surface area contributed by atoms with Gasteiger partial charge in [0.1, 0.15) is 5.75 Å². The number of carboxylic acids is 1. The topological polar surface area (TPSA) is 80.7 Å². The molecule has 18 heavy (non-hydrogen) atoms. The minimum Gasteiger partial charge on any atom is -0.496 e. The lowest BCUT2D eigenvalue weighted by molar-refractivity contribution is -0.132. The van der Waals surface area contributed by atoms with Gasteiger partial charge in [-0.3, -0.25) is 0 Å². The Hall–Kier alpha value is -2.08. The molecule has 1 aromatic rings. The van der Waals surface area contributed by atoms with E-state index in [1.807, 2.05) is 0 Å². The average Bonchev–Trinajstić information content (AvgIpc) is 2.65. The van der Waals surface area contributed by atoms with Gasteiger partial charge in [0, 0.05) is 16.5 Å². The summed E-state index contributed by atoms with van der Waals surface area (Å²) in [6.45, 7) is 0. The van der Waals surface area contributed by atoms with Gasteiger partial charge in [-0.1, -0.05) is 18.2 Å². The molecule has 6 heteroatoms. The van der Waals surface area contributed by atoms with Crippen LogP contribution in [0, 0.1) is 0 Å². The number of carbonyl (C=O) groups is 1. The predicted molar refractivity (Wildman–Crippen MR) is 65.6 cm³/mol. The summed E-state index contributed by atoms with van der Waals surface area (Å²) >= 11 is 0. The first-order valence-electron chi connectivity index (χ1n) is 5.00. The van der Waals surface area contributed by atoms with Crippen molar-refractivity contribution in [2.24, 2.45) is 0 Å². The minimum atomic E-state index is -3.62. The van der Waals surface area contributed by atoms with Crippen molar-refractivity contribution < 1.29 is 23.1 Å². The molecule has 0 saturated heterocycles. The van der Waals surface area contributed by atoms with Crippen LogP contribution in [0.2, 0.25) is 0 Å². The van der Waals surface area contributed by atoms with E-state index in [1.165, 1.54) is 7.11 Å². The number of benzene rings is 1. The predicted octanol–water partition coefficient (Wildman–Crippen LogP) is 1.43. The van der Waals surface area contributed by atoms with Crippen molar-refractivity contribution in [1.29, 1.82) is 0 Å². The van der Waals surface area contributed by atoms with E-state index in [0.717, 1.165) is 10.8 Å². The summed E-state index contributed by atoms with van der Waals surface area (Å²) in [5.74, 6) is -0.860. The molecule has 0 amide bonds. The number of hydrogen-bond donors (Lipinski definition) is 1. The summed E-state index contributed by atoms with van der Waals surface area (Å²) in [6.07, 6.45) is 0. The highest BCUT2D eigenvalue weighted by Crippen LogP contribution is 2.35. The second-order valence-corrected chi connectivity index (χ2v) is 5.31. The van der Waals surface area contributed by atoms with Crippen molar-refractivity contribution in [2.45, 2.75) is 0 Å². The Morgan fingerprint density at radius 3 is 2.50 bits per heavy atom. The highest BCUT2D eigenvalue weighted by Gasteiger charge is 2.27. The number of rotatable bonds is 3. The van der Waals surface area contributed by atoms with Crippen LogP contribution in [-0.2, 0) is 14.6 Å². The maximum absolute atomic E-state index is 11.5. The van der Waals surface area contributed by atoms with Crippen LogP contribution in [0.5, 0.6) is 5.75 Å². The summed E-state index contributed by atoms with van der Waals surface area (Å²) in [7, 11) is -2.19. The fourth-order valence-corrected chi connectivity index (χ4v) is 2.94. The summed E-state index contributed by atoms with van der Waals surface area (Å²) in [5.41, 5.74) is 0.328. The molecule has 0 aromatic heterocycles. The molecule has 1 aliphatic rings. The zero-order valence-corrected chi connectivity index (χ0v) is 10.3. The van der Waals surface area contributed by atoms with E-state index in [9.17, 15) is 13.2 Å².